The highest BCUT2D eigenvalue weighted by molar-refractivity contribution is 7.16. The average Bonchev–Trinajstić information content (AvgIpc) is 2.74. The van der Waals surface area contributed by atoms with E-state index in [1.165, 1.54) is 11.3 Å². The van der Waals surface area contributed by atoms with Gasteiger partial charge in [0.15, 0.2) is 0 Å². The van der Waals surface area contributed by atoms with Gasteiger partial charge < -0.3 is 15.2 Å². The van der Waals surface area contributed by atoms with Crippen LogP contribution in [0.5, 0.6) is 11.5 Å². The Morgan fingerprint density at radius 2 is 2.12 bits per heavy atom. The van der Waals surface area contributed by atoms with Crippen LogP contribution in [0.1, 0.15) is 4.88 Å². The normalized spacial score (nSPS) is 10.2. The Balaban J connectivity index is 2.07. The fraction of sp³-hybridized carbons (Fsp3) is 0.167. The molecule has 2 aromatic rings. The van der Waals surface area contributed by atoms with Crippen molar-refractivity contribution in [2.45, 2.75) is 6.61 Å². The minimum atomic E-state index is 0.453. The Kier molecular flexibility index (Phi) is 3.76. The standard InChI is InChI=1S/C12H12ClNO2S/c1-15-8-2-4-10(14)11(6-8)16-7-9-3-5-12(13)17-9/h2-6H,7,14H2,1H3. The molecule has 2 rings (SSSR count). The Morgan fingerprint density at radius 1 is 1.29 bits per heavy atom. The fourth-order valence-corrected chi connectivity index (χ4v) is 2.35. The number of anilines is 1. The molecule has 1 heterocycles. The van der Waals surface area contributed by atoms with E-state index in [0.29, 0.717) is 18.0 Å². The van der Waals surface area contributed by atoms with Crippen molar-refractivity contribution in [2.24, 2.45) is 0 Å². The smallest absolute Gasteiger partial charge is 0.146 e. The van der Waals surface area contributed by atoms with Crippen LogP contribution in [0.4, 0.5) is 5.69 Å². The molecule has 2 N–H and O–H groups in total. The molecule has 0 saturated heterocycles. The van der Waals surface area contributed by atoms with Crippen LogP contribution in [0.15, 0.2) is 30.3 Å². The second kappa shape index (κ2) is 5.29. The Labute approximate surface area is 109 Å². The quantitative estimate of drug-likeness (QED) is 0.863. The first-order chi connectivity index (χ1) is 8.19. The van der Waals surface area contributed by atoms with Gasteiger partial charge in [-0.25, -0.2) is 0 Å². The molecule has 0 aliphatic rings. The average molecular weight is 270 g/mol. The summed E-state index contributed by atoms with van der Waals surface area (Å²) in [6.07, 6.45) is 0. The molecule has 0 bridgehead atoms. The van der Waals surface area contributed by atoms with Gasteiger partial charge in [-0.3, -0.25) is 0 Å². The van der Waals surface area contributed by atoms with Crippen molar-refractivity contribution in [1.29, 1.82) is 0 Å². The largest absolute Gasteiger partial charge is 0.497 e. The minimum Gasteiger partial charge on any atom is -0.497 e. The minimum absolute atomic E-state index is 0.453. The first kappa shape index (κ1) is 12.1. The van der Waals surface area contributed by atoms with Crippen molar-refractivity contribution in [3.05, 3.63) is 39.5 Å². The van der Waals surface area contributed by atoms with Gasteiger partial charge in [-0.1, -0.05) is 11.6 Å². The highest BCUT2D eigenvalue weighted by atomic mass is 35.5. The van der Waals surface area contributed by atoms with E-state index in [1.54, 1.807) is 25.3 Å². The number of benzene rings is 1. The maximum absolute atomic E-state index is 5.84. The third-order valence-electron chi connectivity index (χ3n) is 2.22. The lowest BCUT2D eigenvalue weighted by atomic mass is 10.3. The van der Waals surface area contributed by atoms with E-state index in [2.05, 4.69) is 0 Å². The number of methoxy groups -OCH3 is 1. The summed E-state index contributed by atoms with van der Waals surface area (Å²) in [5.74, 6) is 1.34. The molecule has 0 spiro atoms. The van der Waals surface area contributed by atoms with Gasteiger partial charge in [-0.05, 0) is 24.3 Å². The lowest BCUT2D eigenvalue weighted by molar-refractivity contribution is 0.309. The molecule has 0 aliphatic heterocycles. The molecule has 1 aromatic carbocycles. The third-order valence-corrected chi connectivity index (χ3v) is 3.42. The first-order valence-electron chi connectivity index (χ1n) is 4.99. The van der Waals surface area contributed by atoms with E-state index < -0.39 is 0 Å². The lowest BCUT2D eigenvalue weighted by Crippen LogP contribution is -1.97. The number of nitrogens with two attached hydrogens (primary N) is 1. The van der Waals surface area contributed by atoms with Gasteiger partial charge >= 0.3 is 0 Å². The summed E-state index contributed by atoms with van der Waals surface area (Å²) in [5, 5.41) is 0. The molecule has 0 atom stereocenters. The van der Waals surface area contributed by atoms with E-state index in [0.717, 1.165) is 15.0 Å². The molecule has 0 fully saturated rings. The number of hydrogen-bond acceptors (Lipinski definition) is 4. The summed E-state index contributed by atoms with van der Waals surface area (Å²) < 4.78 is 11.5. The molecule has 5 heteroatoms. The predicted octanol–water partition coefficient (Wildman–Crippen LogP) is 3.57. The van der Waals surface area contributed by atoms with Crippen LogP contribution in [-0.4, -0.2) is 7.11 Å². The lowest BCUT2D eigenvalue weighted by Gasteiger charge is -2.09. The molecule has 0 aliphatic carbocycles. The zero-order valence-electron chi connectivity index (χ0n) is 9.27. The Bertz CT molecular complexity index is 513. The number of rotatable bonds is 4. The number of nitrogen functional groups attached to an aromatic ring is 1. The van der Waals surface area contributed by atoms with Gasteiger partial charge in [0.2, 0.25) is 0 Å². The third kappa shape index (κ3) is 3.05. The van der Waals surface area contributed by atoms with Crippen molar-refractivity contribution in [2.75, 3.05) is 12.8 Å². The molecular weight excluding hydrogens is 258 g/mol. The molecule has 0 radical (unpaired) electrons. The van der Waals surface area contributed by atoms with E-state index in [4.69, 9.17) is 26.8 Å². The molecule has 0 unspecified atom stereocenters. The molecule has 0 saturated carbocycles. The van der Waals surface area contributed by atoms with Crippen molar-refractivity contribution in [3.8, 4) is 11.5 Å². The van der Waals surface area contributed by atoms with Gasteiger partial charge in [0.1, 0.15) is 18.1 Å². The summed E-state index contributed by atoms with van der Waals surface area (Å²) in [6.45, 7) is 0.453. The van der Waals surface area contributed by atoms with Crippen LogP contribution < -0.4 is 15.2 Å². The summed E-state index contributed by atoms with van der Waals surface area (Å²) in [4.78, 5) is 1.05. The van der Waals surface area contributed by atoms with Gasteiger partial charge in [-0.15, -0.1) is 11.3 Å². The Morgan fingerprint density at radius 3 is 2.76 bits per heavy atom. The summed E-state index contributed by atoms with van der Waals surface area (Å²) in [5.41, 5.74) is 6.40. The van der Waals surface area contributed by atoms with E-state index in [1.807, 2.05) is 12.1 Å². The zero-order valence-corrected chi connectivity index (χ0v) is 10.8. The second-order valence-electron chi connectivity index (χ2n) is 3.40. The van der Waals surface area contributed by atoms with Crippen molar-refractivity contribution >= 4 is 28.6 Å². The molecule has 0 amide bonds. The molecule has 1 aromatic heterocycles. The molecule has 17 heavy (non-hydrogen) atoms. The van der Waals surface area contributed by atoms with Crippen LogP contribution in [-0.2, 0) is 6.61 Å². The second-order valence-corrected chi connectivity index (χ2v) is 5.20. The summed E-state index contributed by atoms with van der Waals surface area (Å²) >= 11 is 7.33. The predicted molar refractivity (Wildman–Crippen MR) is 71.1 cm³/mol. The van der Waals surface area contributed by atoms with Crippen LogP contribution in [0, 0.1) is 0 Å². The van der Waals surface area contributed by atoms with Crippen LogP contribution >= 0.6 is 22.9 Å². The maximum atomic E-state index is 5.84. The SMILES string of the molecule is COc1ccc(N)c(OCc2ccc(Cl)s2)c1. The van der Waals surface area contributed by atoms with Gasteiger partial charge in [-0.2, -0.15) is 0 Å². The summed E-state index contributed by atoms with van der Waals surface area (Å²) in [6, 6.07) is 9.10. The summed E-state index contributed by atoms with van der Waals surface area (Å²) in [7, 11) is 1.61. The maximum Gasteiger partial charge on any atom is 0.146 e. The van der Waals surface area contributed by atoms with Gasteiger partial charge in [0.25, 0.3) is 0 Å². The molecular formula is C12H12ClNO2S. The van der Waals surface area contributed by atoms with Crippen molar-refractivity contribution in [3.63, 3.8) is 0 Å². The van der Waals surface area contributed by atoms with Gasteiger partial charge in [0, 0.05) is 10.9 Å². The fourth-order valence-electron chi connectivity index (χ4n) is 1.34. The topological polar surface area (TPSA) is 44.5 Å². The van der Waals surface area contributed by atoms with Crippen LogP contribution in [0.2, 0.25) is 4.34 Å². The van der Waals surface area contributed by atoms with Crippen LogP contribution in [0.25, 0.3) is 0 Å². The van der Waals surface area contributed by atoms with Crippen molar-refractivity contribution < 1.29 is 9.47 Å². The number of ether oxygens (including phenoxy) is 2. The number of thiophene rings is 1. The van der Waals surface area contributed by atoms with Gasteiger partial charge in [0.05, 0.1) is 17.1 Å². The van der Waals surface area contributed by atoms with E-state index in [9.17, 15) is 0 Å². The van der Waals surface area contributed by atoms with E-state index >= 15 is 0 Å². The monoisotopic (exact) mass is 269 g/mol. The molecule has 3 nitrogen and oxygen atoms in total. The molecule has 90 valence electrons. The van der Waals surface area contributed by atoms with E-state index in [-0.39, 0.29) is 0 Å². The van der Waals surface area contributed by atoms with Crippen molar-refractivity contribution in [1.82, 2.24) is 0 Å². The highest BCUT2D eigenvalue weighted by Gasteiger charge is 2.04. The van der Waals surface area contributed by atoms with Crippen LogP contribution in [0.3, 0.4) is 0 Å². The first-order valence-corrected chi connectivity index (χ1v) is 6.19. The Hall–Kier alpha value is -1.39. The highest BCUT2D eigenvalue weighted by Crippen LogP contribution is 2.29. The zero-order chi connectivity index (χ0) is 12.3. The number of hydrogen-bond donors (Lipinski definition) is 1. The number of halogens is 1.